The number of amides is 2. The maximum atomic E-state index is 11.9. The van der Waals surface area contributed by atoms with Gasteiger partial charge in [-0.15, -0.1) is 0 Å². The molecule has 4 heteroatoms. The first kappa shape index (κ1) is 12.4. The van der Waals surface area contributed by atoms with E-state index in [1.165, 1.54) is 12.8 Å². The van der Waals surface area contributed by atoms with Crippen molar-refractivity contribution in [1.82, 2.24) is 10.6 Å². The summed E-state index contributed by atoms with van der Waals surface area (Å²) < 4.78 is 0. The van der Waals surface area contributed by atoms with Gasteiger partial charge in [-0.1, -0.05) is 12.8 Å². The van der Waals surface area contributed by atoms with E-state index >= 15 is 0 Å². The van der Waals surface area contributed by atoms with Crippen LogP contribution in [0.15, 0.2) is 0 Å². The van der Waals surface area contributed by atoms with Gasteiger partial charge >= 0.3 is 0 Å². The fraction of sp³-hybridized carbons (Fsp3) is 0.846. The molecule has 2 aliphatic carbocycles. The molecule has 0 radical (unpaired) electrons. The molecule has 2 aliphatic rings. The van der Waals surface area contributed by atoms with E-state index in [2.05, 4.69) is 10.6 Å². The first-order chi connectivity index (χ1) is 8.08. The third-order valence-corrected chi connectivity index (χ3v) is 3.60. The molecule has 2 rings (SSSR count). The number of hydrogen-bond donors (Lipinski definition) is 2. The van der Waals surface area contributed by atoms with Gasteiger partial charge in [0, 0.05) is 12.1 Å². The second-order valence-corrected chi connectivity index (χ2v) is 5.60. The molecule has 2 amide bonds. The second kappa shape index (κ2) is 5.07. The van der Waals surface area contributed by atoms with Crippen LogP contribution in [0.2, 0.25) is 0 Å². The standard InChI is InChI=1S/C13H22N2O2/c1-8(2)14-12(16)10-7-11(10)13(17)15-9-5-3-4-6-9/h8-11H,3-7H2,1-2H3,(H,14,16)(H,15,17). The van der Waals surface area contributed by atoms with Crippen molar-refractivity contribution in [2.45, 2.75) is 58.0 Å². The van der Waals surface area contributed by atoms with Crippen molar-refractivity contribution in [2.75, 3.05) is 0 Å². The Bertz CT molecular complexity index is 309. The van der Waals surface area contributed by atoms with E-state index in [0.29, 0.717) is 6.04 Å². The van der Waals surface area contributed by atoms with Gasteiger partial charge in [0.15, 0.2) is 0 Å². The number of nitrogens with one attached hydrogen (secondary N) is 2. The molecule has 0 aromatic heterocycles. The van der Waals surface area contributed by atoms with Crippen molar-refractivity contribution in [3.8, 4) is 0 Å². The van der Waals surface area contributed by atoms with Crippen LogP contribution >= 0.6 is 0 Å². The van der Waals surface area contributed by atoms with Crippen LogP contribution in [-0.4, -0.2) is 23.9 Å². The Labute approximate surface area is 103 Å². The van der Waals surface area contributed by atoms with E-state index in [9.17, 15) is 9.59 Å². The minimum atomic E-state index is -0.0844. The summed E-state index contributed by atoms with van der Waals surface area (Å²) in [7, 11) is 0. The molecular weight excluding hydrogens is 216 g/mol. The summed E-state index contributed by atoms with van der Waals surface area (Å²) in [5.41, 5.74) is 0. The Morgan fingerprint density at radius 2 is 1.65 bits per heavy atom. The largest absolute Gasteiger partial charge is 0.354 e. The molecule has 0 bridgehead atoms. The molecule has 2 N–H and O–H groups in total. The molecule has 96 valence electrons. The molecule has 0 heterocycles. The first-order valence-electron chi connectivity index (χ1n) is 6.68. The lowest BCUT2D eigenvalue weighted by atomic mass is 10.2. The maximum Gasteiger partial charge on any atom is 0.224 e. The smallest absolute Gasteiger partial charge is 0.224 e. The van der Waals surface area contributed by atoms with Crippen molar-refractivity contribution >= 4 is 11.8 Å². The highest BCUT2D eigenvalue weighted by Gasteiger charge is 2.48. The first-order valence-corrected chi connectivity index (χ1v) is 6.68. The van der Waals surface area contributed by atoms with Crippen molar-refractivity contribution in [1.29, 1.82) is 0 Å². The highest BCUT2D eigenvalue weighted by Crippen LogP contribution is 2.39. The molecule has 2 fully saturated rings. The monoisotopic (exact) mass is 238 g/mol. The Morgan fingerprint density at radius 3 is 2.24 bits per heavy atom. The third-order valence-electron chi connectivity index (χ3n) is 3.60. The molecule has 4 nitrogen and oxygen atoms in total. The van der Waals surface area contributed by atoms with Crippen molar-refractivity contribution in [2.24, 2.45) is 11.8 Å². The molecular formula is C13H22N2O2. The predicted octanol–water partition coefficient (Wildman–Crippen LogP) is 1.21. The number of carbonyl (C=O) groups is 2. The SMILES string of the molecule is CC(C)NC(=O)C1CC1C(=O)NC1CCCC1. The third kappa shape index (κ3) is 3.20. The lowest BCUT2D eigenvalue weighted by Crippen LogP contribution is -2.36. The molecule has 0 aromatic rings. The normalized spacial score (nSPS) is 28.2. The second-order valence-electron chi connectivity index (χ2n) is 5.60. The van der Waals surface area contributed by atoms with Gasteiger partial charge in [0.2, 0.25) is 11.8 Å². The molecule has 0 spiro atoms. The topological polar surface area (TPSA) is 58.2 Å². The van der Waals surface area contributed by atoms with Gasteiger partial charge in [0.25, 0.3) is 0 Å². The summed E-state index contributed by atoms with van der Waals surface area (Å²) in [6.45, 7) is 3.88. The summed E-state index contributed by atoms with van der Waals surface area (Å²) in [6, 6.07) is 0.513. The van der Waals surface area contributed by atoms with E-state index in [1.807, 2.05) is 13.8 Å². The molecule has 0 aliphatic heterocycles. The summed E-state index contributed by atoms with van der Waals surface area (Å²) >= 11 is 0. The van der Waals surface area contributed by atoms with E-state index in [0.717, 1.165) is 19.3 Å². The van der Waals surface area contributed by atoms with Crippen LogP contribution in [-0.2, 0) is 9.59 Å². The van der Waals surface area contributed by atoms with Gasteiger partial charge in [-0.25, -0.2) is 0 Å². The lowest BCUT2D eigenvalue weighted by Gasteiger charge is -2.12. The molecule has 0 saturated heterocycles. The Kier molecular flexibility index (Phi) is 3.69. The number of carbonyl (C=O) groups excluding carboxylic acids is 2. The Morgan fingerprint density at radius 1 is 1.06 bits per heavy atom. The zero-order valence-electron chi connectivity index (χ0n) is 10.7. The average Bonchev–Trinajstić information content (AvgIpc) is 2.90. The minimum absolute atomic E-state index is 0.0339. The highest BCUT2D eigenvalue weighted by atomic mass is 16.2. The molecule has 0 aromatic carbocycles. The van der Waals surface area contributed by atoms with Crippen molar-refractivity contribution < 1.29 is 9.59 Å². The zero-order valence-corrected chi connectivity index (χ0v) is 10.7. The van der Waals surface area contributed by atoms with Gasteiger partial charge < -0.3 is 10.6 Å². The van der Waals surface area contributed by atoms with Gasteiger partial charge in [0.05, 0.1) is 11.8 Å². The van der Waals surface area contributed by atoms with Gasteiger partial charge in [-0.2, -0.15) is 0 Å². The Hall–Kier alpha value is -1.06. The fourth-order valence-corrected chi connectivity index (χ4v) is 2.54. The van der Waals surface area contributed by atoms with Crippen molar-refractivity contribution in [3.63, 3.8) is 0 Å². The summed E-state index contributed by atoms with van der Waals surface area (Å²) in [5, 5.41) is 5.92. The highest BCUT2D eigenvalue weighted by molar-refractivity contribution is 5.92. The molecule has 17 heavy (non-hydrogen) atoms. The van der Waals surface area contributed by atoms with Crippen LogP contribution in [0.5, 0.6) is 0 Å². The summed E-state index contributed by atoms with van der Waals surface area (Å²) in [4.78, 5) is 23.5. The maximum absolute atomic E-state index is 11.9. The average molecular weight is 238 g/mol. The lowest BCUT2D eigenvalue weighted by molar-refractivity contribution is -0.127. The van der Waals surface area contributed by atoms with Crippen LogP contribution < -0.4 is 10.6 Å². The van der Waals surface area contributed by atoms with E-state index in [-0.39, 0.29) is 29.7 Å². The predicted molar refractivity (Wildman–Crippen MR) is 65.3 cm³/mol. The van der Waals surface area contributed by atoms with Gasteiger partial charge in [0.1, 0.15) is 0 Å². The molecule has 2 saturated carbocycles. The quantitative estimate of drug-likeness (QED) is 0.773. The molecule has 2 unspecified atom stereocenters. The fourth-order valence-electron chi connectivity index (χ4n) is 2.54. The van der Waals surface area contributed by atoms with Crippen molar-refractivity contribution in [3.05, 3.63) is 0 Å². The minimum Gasteiger partial charge on any atom is -0.354 e. The van der Waals surface area contributed by atoms with Crippen LogP contribution in [0, 0.1) is 11.8 Å². The van der Waals surface area contributed by atoms with Crippen LogP contribution in [0.1, 0.15) is 46.0 Å². The summed E-state index contributed by atoms with van der Waals surface area (Å²) in [6.07, 6.45) is 5.35. The van der Waals surface area contributed by atoms with Gasteiger partial charge in [-0.05, 0) is 33.1 Å². The van der Waals surface area contributed by atoms with Crippen LogP contribution in [0.4, 0.5) is 0 Å². The van der Waals surface area contributed by atoms with Crippen LogP contribution in [0.25, 0.3) is 0 Å². The molecule has 2 atom stereocenters. The number of hydrogen-bond acceptors (Lipinski definition) is 2. The van der Waals surface area contributed by atoms with E-state index in [4.69, 9.17) is 0 Å². The van der Waals surface area contributed by atoms with E-state index in [1.54, 1.807) is 0 Å². The van der Waals surface area contributed by atoms with Crippen LogP contribution in [0.3, 0.4) is 0 Å². The number of rotatable bonds is 4. The summed E-state index contributed by atoms with van der Waals surface area (Å²) in [5.74, 6) is -0.0412. The van der Waals surface area contributed by atoms with E-state index < -0.39 is 0 Å². The zero-order chi connectivity index (χ0) is 12.4. The van der Waals surface area contributed by atoms with Gasteiger partial charge in [-0.3, -0.25) is 9.59 Å². The Balaban J connectivity index is 1.73.